The van der Waals surface area contributed by atoms with Crippen molar-refractivity contribution in [1.82, 2.24) is 0 Å². The molecule has 0 radical (unpaired) electrons. The van der Waals surface area contributed by atoms with Gasteiger partial charge < -0.3 is 0 Å². The van der Waals surface area contributed by atoms with Crippen molar-refractivity contribution in [2.45, 2.75) is 6.42 Å². The van der Waals surface area contributed by atoms with Crippen LogP contribution in [-0.2, 0) is 6.42 Å². The van der Waals surface area contributed by atoms with Gasteiger partial charge >= 0.3 is 0 Å². The summed E-state index contributed by atoms with van der Waals surface area (Å²) in [7, 11) is 1.80. The van der Waals surface area contributed by atoms with Gasteiger partial charge in [-0.1, -0.05) is 42.5 Å². The Morgan fingerprint density at radius 3 is 3.00 bits per heavy atom. The first kappa shape index (κ1) is 8.95. The van der Waals surface area contributed by atoms with Gasteiger partial charge in [0.05, 0.1) is 0 Å². The molecule has 1 aliphatic rings. The number of allylic oxidation sites excluding steroid dienone is 4. The number of aliphatic imine (C=N–C) groups is 1. The molecule has 0 saturated heterocycles. The van der Waals surface area contributed by atoms with Crippen LogP contribution in [0, 0.1) is 0 Å². The predicted octanol–water partition coefficient (Wildman–Crippen LogP) is 2.88. The molecule has 0 saturated carbocycles. The topological polar surface area (TPSA) is 12.4 Å². The number of hydrogen-bond acceptors (Lipinski definition) is 1. The Kier molecular flexibility index (Phi) is 2.59. The Balaban J connectivity index is 2.53. The van der Waals surface area contributed by atoms with E-state index in [0.717, 1.165) is 6.42 Å². The van der Waals surface area contributed by atoms with E-state index in [4.69, 9.17) is 0 Å². The van der Waals surface area contributed by atoms with Gasteiger partial charge in [-0.3, -0.25) is 4.99 Å². The molecule has 0 aliphatic heterocycles. The molecule has 0 bridgehead atoms. The predicted molar refractivity (Wildman–Crippen MR) is 61.7 cm³/mol. The molecular weight excluding hydrogens is 170 g/mol. The zero-order valence-corrected chi connectivity index (χ0v) is 8.27. The molecule has 0 N–H and O–H groups in total. The average Bonchev–Trinajstić information content (AvgIpc) is 2.42. The smallest absolute Gasteiger partial charge is 0.0287 e. The monoisotopic (exact) mass is 183 g/mol. The molecule has 70 valence electrons. The Labute approximate surface area is 84.5 Å². The summed E-state index contributed by atoms with van der Waals surface area (Å²) in [5.74, 6) is 0. The van der Waals surface area contributed by atoms with Crippen molar-refractivity contribution in [3.63, 3.8) is 0 Å². The van der Waals surface area contributed by atoms with E-state index in [1.807, 2.05) is 6.21 Å². The van der Waals surface area contributed by atoms with Crippen LogP contribution in [0.3, 0.4) is 0 Å². The molecular formula is C13H13N. The van der Waals surface area contributed by atoms with E-state index < -0.39 is 0 Å². The maximum Gasteiger partial charge on any atom is 0.0287 e. The van der Waals surface area contributed by atoms with Gasteiger partial charge in [-0.05, 0) is 23.1 Å². The maximum atomic E-state index is 4.07. The third kappa shape index (κ3) is 1.67. The second kappa shape index (κ2) is 4.05. The highest BCUT2D eigenvalue weighted by atomic mass is 14.6. The fourth-order valence-electron chi connectivity index (χ4n) is 1.69. The summed E-state index contributed by atoms with van der Waals surface area (Å²) in [6.45, 7) is 0. The van der Waals surface area contributed by atoms with Crippen molar-refractivity contribution in [1.29, 1.82) is 0 Å². The highest BCUT2D eigenvalue weighted by Crippen LogP contribution is 2.21. The molecule has 0 spiro atoms. The third-order valence-corrected chi connectivity index (χ3v) is 2.35. The first-order valence-corrected chi connectivity index (χ1v) is 4.79. The molecule has 0 heterocycles. The van der Waals surface area contributed by atoms with Crippen LogP contribution in [0.15, 0.2) is 47.5 Å². The number of nitrogens with zero attached hydrogens (tertiary/aromatic N) is 1. The Morgan fingerprint density at radius 1 is 1.29 bits per heavy atom. The molecule has 1 aliphatic carbocycles. The summed E-state index contributed by atoms with van der Waals surface area (Å²) in [5.41, 5.74) is 3.85. The molecule has 1 heteroatoms. The lowest BCUT2D eigenvalue weighted by molar-refractivity contribution is 1.26. The first-order chi connectivity index (χ1) is 6.92. The fourth-order valence-corrected chi connectivity index (χ4v) is 1.69. The Morgan fingerprint density at radius 2 is 2.14 bits per heavy atom. The van der Waals surface area contributed by atoms with Crippen molar-refractivity contribution < 1.29 is 0 Å². The van der Waals surface area contributed by atoms with Crippen LogP contribution in [0.4, 0.5) is 0 Å². The minimum Gasteiger partial charge on any atom is -0.296 e. The molecule has 0 unspecified atom stereocenters. The summed E-state index contributed by atoms with van der Waals surface area (Å²) in [4.78, 5) is 4.07. The number of hydrogen-bond donors (Lipinski definition) is 0. The van der Waals surface area contributed by atoms with Crippen LogP contribution in [0.25, 0.3) is 5.57 Å². The molecule has 14 heavy (non-hydrogen) atoms. The lowest BCUT2D eigenvalue weighted by Gasteiger charge is -2.05. The van der Waals surface area contributed by atoms with E-state index in [2.05, 4.69) is 47.5 Å². The quantitative estimate of drug-likeness (QED) is 0.594. The zero-order chi connectivity index (χ0) is 9.80. The molecule has 0 fully saturated rings. The summed E-state index contributed by atoms with van der Waals surface area (Å²) in [5, 5.41) is 0. The minimum atomic E-state index is 1.01. The van der Waals surface area contributed by atoms with Gasteiger partial charge in [-0.25, -0.2) is 0 Å². The standard InChI is InChI=1S/C13H13N/c1-14-10-12-8-3-2-6-11-7-4-5-9-13(11)12/h2-5,7-10H,6H2,1H3. The van der Waals surface area contributed by atoms with Crippen molar-refractivity contribution in [2.24, 2.45) is 4.99 Å². The highest BCUT2D eigenvalue weighted by Gasteiger charge is 2.05. The SMILES string of the molecule is CN=CC1=CC=CCc2ccccc21. The van der Waals surface area contributed by atoms with Crippen LogP contribution < -0.4 is 0 Å². The molecule has 0 atom stereocenters. The number of rotatable bonds is 1. The van der Waals surface area contributed by atoms with Crippen molar-refractivity contribution in [3.8, 4) is 0 Å². The van der Waals surface area contributed by atoms with Crippen LogP contribution in [0.2, 0.25) is 0 Å². The van der Waals surface area contributed by atoms with Gasteiger partial charge in [0.25, 0.3) is 0 Å². The molecule has 0 aromatic heterocycles. The van der Waals surface area contributed by atoms with Crippen LogP contribution in [0.5, 0.6) is 0 Å². The molecule has 0 amide bonds. The van der Waals surface area contributed by atoms with Crippen LogP contribution in [0.1, 0.15) is 11.1 Å². The van der Waals surface area contributed by atoms with E-state index in [-0.39, 0.29) is 0 Å². The lowest BCUT2D eigenvalue weighted by Crippen LogP contribution is -1.91. The van der Waals surface area contributed by atoms with E-state index in [1.165, 1.54) is 16.7 Å². The largest absolute Gasteiger partial charge is 0.296 e. The summed E-state index contributed by atoms with van der Waals surface area (Å²) in [6.07, 6.45) is 9.30. The second-order valence-corrected chi connectivity index (χ2v) is 3.30. The maximum absolute atomic E-state index is 4.07. The summed E-state index contributed by atoms with van der Waals surface area (Å²) < 4.78 is 0. The number of benzene rings is 1. The van der Waals surface area contributed by atoms with Crippen LogP contribution >= 0.6 is 0 Å². The van der Waals surface area contributed by atoms with Gasteiger partial charge in [-0.2, -0.15) is 0 Å². The van der Waals surface area contributed by atoms with Gasteiger partial charge in [0.2, 0.25) is 0 Å². The average molecular weight is 183 g/mol. The van der Waals surface area contributed by atoms with E-state index >= 15 is 0 Å². The molecule has 1 aromatic carbocycles. The lowest BCUT2D eigenvalue weighted by atomic mass is 10.00. The normalized spacial score (nSPS) is 15.1. The zero-order valence-electron chi connectivity index (χ0n) is 8.27. The molecule has 2 rings (SSSR count). The molecule has 1 nitrogen and oxygen atoms in total. The number of fused-ring (bicyclic) bond motifs is 1. The van der Waals surface area contributed by atoms with E-state index in [1.54, 1.807) is 7.05 Å². The third-order valence-electron chi connectivity index (χ3n) is 2.35. The first-order valence-electron chi connectivity index (χ1n) is 4.79. The van der Waals surface area contributed by atoms with Crippen molar-refractivity contribution in [2.75, 3.05) is 7.05 Å². The summed E-state index contributed by atoms with van der Waals surface area (Å²) >= 11 is 0. The van der Waals surface area contributed by atoms with Gasteiger partial charge in [-0.15, -0.1) is 0 Å². The second-order valence-electron chi connectivity index (χ2n) is 3.30. The van der Waals surface area contributed by atoms with E-state index in [0.29, 0.717) is 0 Å². The fraction of sp³-hybridized carbons (Fsp3) is 0.154. The Bertz CT molecular complexity index is 411. The van der Waals surface area contributed by atoms with Gasteiger partial charge in [0.1, 0.15) is 0 Å². The highest BCUT2D eigenvalue weighted by molar-refractivity contribution is 6.10. The van der Waals surface area contributed by atoms with E-state index in [9.17, 15) is 0 Å². The van der Waals surface area contributed by atoms with Crippen molar-refractivity contribution >= 4 is 11.8 Å². The van der Waals surface area contributed by atoms with Gasteiger partial charge in [0.15, 0.2) is 0 Å². The minimum absolute atomic E-state index is 1.01. The van der Waals surface area contributed by atoms with Gasteiger partial charge in [0, 0.05) is 13.3 Å². The molecule has 1 aromatic rings. The Hall–Kier alpha value is -1.63. The van der Waals surface area contributed by atoms with Crippen LogP contribution in [-0.4, -0.2) is 13.3 Å². The summed E-state index contributed by atoms with van der Waals surface area (Å²) in [6, 6.07) is 8.47. The van der Waals surface area contributed by atoms with Crippen molar-refractivity contribution in [3.05, 3.63) is 53.6 Å².